The van der Waals surface area contributed by atoms with Gasteiger partial charge in [-0.15, -0.1) is 0 Å². The first-order valence-corrected chi connectivity index (χ1v) is 7.70. The van der Waals surface area contributed by atoms with Crippen molar-refractivity contribution in [1.29, 1.82) is 0 Å². The second-order valence-corrected chi connectivity index (χ2v) is 6.38. The highest BCUT2D eigenvalue weighted by molar-refractivity contribution is 14.1. The van der Waals surface area contributed by atoms with Gasteiger partial charge in [-0.2, -0.15) is 4.98 Å². The SMILES string of the molecule is COc1nc(N(C)C)sc1CNc1ccccc1I. The maximum Gasteiger partial charge on any atom is 0.231 e. The molecule has 4 nitrogen and oxygen atoms in total. The quantitative estimate of drug-likeness (QED) is 0.796. The molecule has 0 atom stereocenters. The van der Waals surface area contributed by atoms with Crippen molar-refractivity contribution in [3.63, 3.8) is 0 Å². The molecule has 0 aliphatic rings. The maximum atomic E-state index is 5.33. The van der Waals surface area contributed by atoms with Gasteiger partial charge in [0.15, 0.2) is 5.13 Å². The average Bonchev–Trinajstić information content (AvgIpc) is 2.81. The van der Waals surface area contributed by atoms with Crippen LogP contribution < -0.4 is 15.0 Å². The van der Waals surface area contributed by atoms with Gasteiger partial charge >= 0.3 is 0 Å². The number of rotatable bonds is 5. The van der Waals surface area contributed by atoms with E-state index in [0.717, 1.165) is 15.7 Å². The minimum absolute atomic E-state index is 0.701. The molecule has 2 rings (SSSR count). The fraction of sp³-hybridized carbons (Fsp3) is 0.308. The lowest BCUT2D eigenvalue weighted by atomic mass is 10.3. The zero-order valence-electron chi connectivity index (χ0n) is 11.1. The molecule has 0 fully saturated rings. The Morgan fingerprint density at radius 2 is 2.11 bits per heavy atom. The third-order valence-corrected chi connectivity index (χ3v) is 4.68. The van der Waals surface area contributed by atoms with Crippen molar-refractivity contribution in [2.24, 2.45) is 0 Å². The Hall–Kier alpha value is -1.02. The summed E-state index contributed by atoms with van der Waals surface area (Å²) in [5, 5.41) is 4.38. The molecule has 0 unspecified atom stereocenters. The van der Waals surface area contributed by atoms with Crippen LogP contribution in [0.4, 0.5) is 10.8 Å². The Balaban J connectivity index is 2.13. The van der Waals surface area contributed by atoms with E-state index in [1.54, 1.807) is 18.4 Å². The first-order valence-electron chi connectivity index (χ1n) is 5.81. The molecule has 0 saturated carbocycles. The van der Waals surface area contributed by atoms with E-state index in [1.807, 2.05) is 31.1 Å². The lowest BCUT2D eigenvalue weighted by Crippen LogP contribution is -2.07. The van der Waals surface area contributed by atoms with Crippen molar-refractivity contribution in [3.05, 3.63) is 32.7 Å². The fourth-order valence-electron chi connectivity index (χ4n) is 1.57. The molecule has 1 aromatic carbocycles. The Kier molecular flexibility index (Phi) is 4.87. The van der Waals surface area contributed by atoms with Crippen LogP contribution in [-0.2, 0) is 6.54 Å². The van der Waals surface area contributed by atoms with Crippen LogP contribution in [-0.4, -0.2) is 26.2 Å². The van der Waals surface area contributed by atoms with Gasteiger partial charge in [0.2, 0.25) is 5.88 Å². The lowest BCUT2D eigenvalue weighted by Gasteiger charge is -2.07. The number of ether oxygens (including phenoxy) is 1. The molecule has 0 aliphatic carbocycles. The Morgan fingerprint density at radius 3 is 2.74 bits per heavy atom. The Labute approximate surface area is 130 Å². The summed E-state index contributed by atoms with van der Waals surface area (Å²) in [5.74, 6) is 0.701. The molecule has 1 aromatic heterocycles. The first-order chi connectivity index (χ1) is 9.11. The highest BCUT2D eigenvalue weighted by Crippen LogP contribution is 2.31. The van der Waals surface area contributed by atoms with Crippen LogP contribution in [0.1, 0.15) is 4.88 Å². The number of hydrogen-bond acceptors (Lipinski definition) is 5. The molecule has 0 radical (unpaired) electrons. The lowest BCUT2D eigenvalue weighted by molar-refractivity contribution is 0.397. The number of nitrogens with one attached hydrogen (secondary N) is 1. The van der Waals surface area contributed by atoms with Gasteiger partial charge in [-0.1, -0.05) is 23.5 Å². The highest BCUT2D eigenvalue weighted by atomic mass is 127. The molecule has 0 amide bonds. The van der Waals surface area contributed by atoms with Gasteiger partial charge in [-0.05, 0) is 34.7 Å². The molecular weight excluding hydrogens is 373 g/mol. The summed E-state index contributed by atoms with van der Waals surface area (Å²) >= 11 is 3.96. The van der Waals surface area contributed by atoms with Crippen LogP contribution in [0.2, 0.25) is 0 Å². The first kappa shape index (κ1) is 14.4. The van der Waals surface area contributed by atoms with Gasteiger partial charge in [0.05, 0.1) is 18.5 Å². The van der Waals surface area contributed by atoms with E-state index in [9.17, 15) is 0 Å². The monoisotopic (exact) mass is 389 g/mol. The molecule has 6 heteroatoms. The number of halogens is 1. The van der Waals surface area contributed by atoms with E-state index in [0.29, 0.717) is 12.4 Å². The summed E-state index contributed by atoms with van der Waals surface area (Å²) < 4.78 is 6.53. The number of aromatic nitrogens is 1. The Morgan fingerprint density at radius 1 is 1.37 bits per heavy atom. The summed E-state index contributed by atoms with van der Waals surface area (Å²) in [6, 6.07) is 8.21. The third-order valence-electron chi connectivity index (χ3n) is 2.54. The number of benzene rings is 1. The van der Waals surface area contributed by atoms with Crippen molar-refractivity contribution in [1.82, 2.24) is 4.98 Å². The van der Waals surface area contributed by atoms with Gasteiger partial charge < -0.3 is 15.0 Å². The standard InChI is InChI=1S/C13H16IN3OS/c1-17(2)13-16-12(18-3)11(19-13)8-15-10-7-5-4-6-9(10)14/h4-7,15H,8H2,1-3H3. The van der Waals surface area contributed by atoms with E-state index in [2.05, 4.69) is 45.0 Å². The molecule has 0 bridgehead atoms. The second-order valence-electron chi connectivity index (χ2n) is 4.16. The zero-order chi connectivity index (χ0) is 13.8. The van der Waals surface area contributed by atoms with Gasteiger partial charge in [-0.3, -0.25) is 0 Å². The van der Waals surface area contributed by atoms with Crippen molar-refractivity contribution in [2.45, 2.75) is 6.54 Å². The van der Waals surface area contributed by atoms with E-state index in [-0.39, 0.29) is 0 Å². The van der Waals surface area contributed by atoms with Gasteiger partial charge in [0.25, 0.3) is 0 Å². The van der Waals surface area contributed by atoms with Gasteiger partial charge in [0, 0.05) is 23.4 Å². The molecule has 0 aliphatic heterocycles. The van der Waals surface area contributed by atoms with Crippen LogP contribution in [0.5, 0.6) is 5.88 Å². The number of methoxy groups -OCH3 is 1. The number of thiazole rings is 1. The van der Waals surface area contributed by atoms with Gasteiger partial charge in [-0.25, -0.2) is 0 Å². The number of anilines is 2. The molecule has 0 saturated heterocycles. The Bertz CT molecular complexity index is 557. The number of hydrogen-bond donors (Lipinski definition) is 1. The normalized spacial score (nSPS) is 10.3. The summed E-state index contributed by atoms with van der Waals surface area (Å²) in [4.78, 5) is 7.53. The smallest absolute Gasteiger partial charge is 0.231 e. The minimum atomic E-state index is 0.701. The van der Waals surface area contributed by atoms with E-state index >= 15 is 0 Å². The van der Waals surface area contributed by atoms with Crippen LogP contribution in [0.15, 0.2) is 24.3 Å². The van der Waals surface area contributed by atoms with Crippen molar-refractivity contribution >= 4 is 44.7 Å². The molecule has 2 aromatic rings. The van der Waals surface area contributed by atoms with Gasteiger partial charge in [0.1, 0.15) is 0 Å². The number of nitrogens with zero attached hydrogens (tertiary/aromatic N) is 2. The molecular formula is C13H16IN3OS. The molecule has 19 heavy (non-hydrogen) atoms. The molecule has 1 N–H and O–H groups in total. The topological polar surface area (TPSA) is 37.4 Å². The average molecular weight is 389 g/mol. The van der Waals surface area contributed by atoms with Crippen LogP contribution in [0.25, 0.3) is 0 Å². The van der Waals surface area contributed by atoms with Crippen molar-refractivity contribution < 1.29 is 4.74 Å². The predicted octanol–water partition coefficient (Wildman–Crippen LogP) is 3.43. The number of para-hydroxylation sites is 1. The summed E-state index contributed by atoms with van der Waals surface area (Å²) in [5.41, 5.74) is 1.13. The minimum Gasteiger partial charge on any atom is -0.480 e. The maximum absolute atomic E-state index is 5.33. The summed E-state index contributed by atoms with van der Waals surface area (Å²) in [6.07, 6.45) is 0. The largest absolute Gasteiger partial charge is 0.480 e. The second kappa shape index (κ2) is 6.42. The zero-order valence-corrected chi connectivity index (χ0v) is 14.1. The molecule has 1 heterocycles. The highest BCUT2D eigenvalue weighted by Gasteiger charge is 2.13. The van der Waals surface area contributed by atoms with E-state index < -0.39 is 0 Å². The molecule has 102 valence electrons. The van der Waals surface area contributed by atoms with Crippen LogP contribution in [0, 0.1) is 3.57 Å². The summed E-state index contributed by atoms with van der Waals surface area (Å²) in [7, 11) is 5.62. The van der Waals surface area contributed by atoms with Crippen molar-refractivity contribution in [2.75, 3.05) is 31.4 Å². The third kappa shape index (κ3) is 3.50. The molecule has 0 spiro atoms. The van der Waals surface area contributed by atoms with Crippen molar-refractivity contribution in [3.8, 4) is 5.88 Å². The summed E-state index contributed by atoms with van der Waals surface area (Å²) in [6.45, 7) is 0.717. The fourth-order valence-corrected chi connectivity index (χ4v) is 3.04. The predicted molar refractivity (Wildman–Crippen MR) is 89.5 cm³/mol. The van der Waals surface area contributed by atoms with Crippen LogP contribution >= 0.6 is 33.9 Å². The van der Waals surface area contributed by atoms with E-state index in [1.165, 1.54) is 3.57 Å². The van der Waals surface area contributed by atoms with Crippen LogP contribution in [0.3, 0.4) is 0 Å². The van der Waals surface area contributed by atoms with E-state index in [4.69, 9.17) is 4.74 Å².